The van der Waals surface area contributed by atoms with Gasteiger partial charge in [-0.3, -0.25) is 0 Å². The van der Waals surface area contributed by atoms with Crippen molar-refractivity contribution in [2.75, 3.05) is 6.61 Å². The van der Waals surface area contributed by atoms with Gasteiger partial charge >= 0.3 is 0 Å². The van der Waals surface area contributed by atoms with Crippen molar-refractivity contribution in [3.63, 3.8) is 0 Å². The van der Waals surface area contributed by atoms with Crippen LogP contribution in [0.5, 0.6) is 0 Å². The molecular weight excluding hydrogens is 476 g/mol. The third kappa shape index (κ3) is 3.28. The molecule has 6 rings (SSSR count). The highest BCUT2D eigenvalue weighted by Gasteiger charge is 2.65. The van der Waals surface area contributed by atoms with Crippen molar-refractivity contribution in [1.29, 1.82) is 0 Å². The predicted molar refractivity (Wildman–Crippen MR) is 131 cm³/mol. The highest BCUT2D eigenvalue weighted by atomic mass is 19.1. The normalized spacial score (nSPS) is 22.3. The number of nitrogens with zero attached hydrogens (tertiary/aromatic N) is 7. The highest BCUT2D eigenvalue weighted by Crippen LogP contribution is 2.69. The first-order valence-corrected chi connectivity index (χ1v) is 12.5. The van der Waals surface area contributed by atoms with E-state index in [1.807, 2.05) is 13.0 Å². The third-order valence-corrected chi connectivity index (χ3v) is 8.47. The molecule has 190 valence electrons. The van der Waals surface area contributed by atoms with Crippen molar-refractivity contribution in [2.24, 2.45) is 5.41 Å². The Morgan fingerprint density at radius 3 is 2.65 bits per heavy atom. The standard InChI is InChI=1S/C27H27F2N7O/c1-4-15(13-37)24-31-14-36(35-24)25-30-11-9-21(32-25)27-10-8-17(26(27,2)3)16-12-20(33-34-23(16)27)22-18(28)6-5-7-19(22)29/h5-7,9,11-12,14-15,17,37H,4,8,10,13H2,1-3H3/t15?,17-,27-/m0/s1. The van der Waals surface area contributed by atoms with E-state index in [4.69, 9.17) is 4.98 Å². The minimum atomic E-state index is -0.662. The molecule has 2 bridgehead atoms. The average Bonchev–Trinajstić information content (AvgIpc) is 3.53. The van der Waals surface area contributed by atoms with Gasteiger partial charge in [-0.1, -0.05) is 26.8 Å². The lowest BCUT2D eigenvalue weighted by Gasteiger charge is -2.37. The second-order valence-corrected chi connectivity index (χ2v) is 10.4. The van der Waals surface area contributed by atoms with Gasteiger partial charge < -0.3 is 5.11 Å². The van der Waals surface area contributed by atoms with Gasteiger partial charge in [0.1, 0.15) is 18.0 Å². The molecule has 1 saturated carbocycles. The minimum absolute atomic E-state index is 0.0334. The van der Waals surface area contributed by atoms with Crippen LogP contribution in [0.1, 0.15) is 74.6 Å². The van der Waals surface area contributed by atoms with Crippen LogP contribution in [0.3, 0.4) is 0 Å². The molecule has 0 spiro atoms. The smallest absolute Gasteiger partial charge is 0.252 e. The van der Waals surface area contributed by atoms with Crippen molar-refractivity contribution in [3.05, 3.63) is 77.3 Å². The van der Waals surface area contributed by atoms with E-state index in [9.17, 15) is 13.9 Å². The van der Waals surface area contributed by atoms with E-state index in [0.717, 1.165) is 29.8 Å². The molecule has 0 aliphatic heterocycles. The number of rotatable bonds is 6. The fourth-order valence-corrected chi connectivity index (χ4v) is 6.41. The Hall–Kier alpha value is -3.66. The molecule has 1 aromatic carbocycles. The summed E-state index contributed by atoms with van der Waals surface area (Å²) in [4.78, 5) is 13.7. The lowest BCUT2D eigenvalue weighted by molar-refractivity contribution is 0.242. The van der Waals surface area contributed by atoms with Gasteiger partial charge in [0.05, 0.1) is 34.7 Å². The van der Waals surface area contributed by atoms with Gasteiger partial charge in [-0.25, -0.2) is 23.7 Å². The van der Waals surface area contributed by atoms with Crippen LogP contribution in [-0.4, -0.2) is 46.6 Å². The van der Waals surface area contributed by atoms with Gasteiger partial charge in [-0.15, -0.1) is 10.2 Å². The average molecular weight is 504 g/mol. The molecule has 37 heavy (non-hydrogen) atoms. The Balaban J connectivity index is 1.45. The van der Waals surface area contributed by atoms with Crippen molar-refractivity contribution in [1.82, 2.24) is 34.9 Å². The maximum atomic E-state index is 14.5. The summed E-state index contributed by atoms with van der Waals surface area (Å²) < 4.78 is 30.6. The second kappa shape index (κ2) is 8.44. The topological polar surface area (TPSA) is 102 Å². The molecule has 0 amide bonds. The van der Waals surface area contributed by atoms with Crippen molar-refractivity contribution >= 4 is 0 Å². The first-order valence-electron chi connectivity index (χ1n) is 12.5. The van der Waals surface area contributed by atoms with Crippen LogP contribution in [0, 0.1) is 17.0 Å². The molecule has 2 aliphatic carbocycles. The maximum absolute atomic E-state index is 14.5. The molecular formula is C27H27F2N7O. The fraction of sp³-hybridized carbons (Fsp3) is 0.407. The monoisotopic (exact) mass is 503 g/mol. The Kier molecular flexibility index (Phi) is 5.41. The lowest BCUT2D eigenvalue weighted by Crippen LogP contribution is -2.38. The Labute approximate surface area is 212 Å². The summed E-state index contributed by atoms with van der Waals surface area (Å²) in [5.41, 5.74) is 1.79. The predicted octanol–water partition coefficient (Wildman–Crippen LogP) is 4.48. The van der Waals surface area contributed by atoms with E-state index in [1.54, 1.807) is 18.6 Å². The molecule has 2 aliphatic rings. The number of halogens is 2. The summed E-state index contributed by atoms with van der Waals surface area (Å²) >= 11 is 0. The summed E-state index contributed by atoms with van der Waals surface area (Å²) in [6.45, 7) is 6.33. The SMILES string of the molecule is CCC(CO)c1ncn(-c2nccc([C@@]34CC[C@@H](c5cc(-c6c(F)cccc6F)nnc53)C4(C)C)n2)n1. The van der Waals surface area contributed by atoms with Gasteiger partial charge in [-0.2, -0.15) is 9.78 Å². The first-order chi connectivity index (χ1) is 17.8. The van der Waals surface area contributed by atoms with Gasteiger partial charge in [0.2, 0.25) is 0 Å². The summed E-state index contributed by atoms with van der Waals surface area (Å²) in [6.07, 6.45) is 5.70. The summed E-state index contributed by atoms with van der Waals surface area (Å²) in [7, 11) is 0. The number of hydrogen-bond acceptors (Lipinski definition) is 7. The summed E-state index contributed by atoms with van der Waals surface area (Å²) in [6, 6.07) is 7.49. The number of aliphatic hydroxyl groups excluding tert-OH is 1. The number of aromatic nitrogens is 7. The number of hydrogen-bond donors (Lipinski definition) is 1. The van der Waals surface area contributed by atoms with Crippen molar-refractivity contribution < 1.29 is 13.9 Å². The molecule has 1 fully saturated rings. The van der Waals surface area contributed by atoms with Crippen LogP contribution < -0.4 is 0 Å². The van der Waals surface area contributed by atoms with Crippen LogP contribution in [0.4, 0.5) is 8.78 Å². The third-order valence-electron chi connectivity index (χ3n) is 8.47. The molecule has 1 N–H and O–H groups in total. The first kappa shape index (κ1) is 23.7. The van der Waals surface area contributed by atoms with Crippen LogP contribution in [0.2, 0.25) is 0 Å². The molecule has 3 atom stereocenters. The lowest BCUT2D eigenvalue weighted by atomic mass is 9.66. The van der Waals surface area contributed by atoms with E-state index >= 15 is 0 Å². The van der Waals surface area contributed by atoms with Crippen LogP contribution in [0.15, 0.2) is 42.9 Å². The zero-order valence-corrected chi connectivity index (χ0v) is 20.9. The van der Waals surface area contributed by atoms with Crippen LogP contribution in [-0.2, 0) is 5.41 Å². The van der Waals surface area contributed by atoms with E-state index in [-0.39, 0.29) is 35.1 Å². The van der Waals surface area contributed by atoms with Gasteiger partial charge in [0.25, 0.3) is 5.95 Å². The Bertz CT molecular complexity index is 1480. The van der Waals surface area contributed by atoms with E-state index < -0.39 is 17.0 Å². The molecule has 3 aromatic heterocycles. The zero-order chi connectivity index (χ0) is 25.9. The summed E-state index contributed by atoms with van der Waals surface area (Å²) in [5, 5.41) is 23.0. The minimum Gasteiger partial charge on any atom is -0.396 e. The van der Waals surface area contributed by atoms with E-state index in [2.05, 4.69) is 39.1 Å². The van der Waals surface area contributed by atoms with Crippen LogP contribution >= 0.6 is 0 Å². The number of aliphatic hydroxyl groups is 1. The number of benzene rings is 1. The molecule has 8 nitrogen and oxygen atoms in total. The quantitative estimate of drug-likeness (QED) is 0.414. The van der Waals surface area contributed by atoms with Crippen molar-refractivity contribution in [2.45, 2.75) is 57.3 Å². The zero-order valence-electron chi connectivity index (χ0n) is 20.9. The highest BCUT2D eigenvalue weighted by molar-refractivity contribution is 5.64. The fourth-order valence-electron chi connectivity index (χ4n) is 6.41. The van der Waals surface area contributed by atoms with Gasteiger partial charge in [0.15, 0.2) is 5.82 Å². The van der Waals surface area contributed by atoms with Crippen molar-refractivity contribution in [3.8, 4) is 17.2 Å². The molecule has 10 heteroatoms. The summed E-state index contributed by atoms with van der Waals surface area (Å²) in [5.74, 6) is -0.413. The molecule has 3 heterocycles. The van der Waals surface area contributed by atoms with Gasteiger partial charge in [-0.05, 0) is 60.4 Å². The van der Waals surface area contributed by atoms with Gasteiger partial charge in [0, 0.05) is 12.1 Å². The van der Waals surface area contributed by atoms with Crippen LogP contribution in [0.25, 0.3) is 17.2 Å². The second-order valence-electron chi connectivity index (χ2n) is 10.4. The maximum Gasteiger partial charge on any atom is 0.252 e. The molecule has 1 unspecified atom stereocenters. The number of fused-ring (bicyclic) bond motifs is 5. The Morgan fingerprint density at radius 1 is 1.14 bits per heavy atom. The largest absolute Gasteiger partial charge is 0.396 e. The van der Waals surface area contributed by atoms with E-state index in [0.29, 0.717) is 18.2 Å². The molecule has 4 aromatic rings. The van der Waals surface area contributed by atoms with E-state index in [1.165, 1.54) is 22.9 Å². The Morgan fingerprint density at radius 2 is 1.92 bits per heavy atom. The molecule has 0 radical (unpaired) electrons. The molecule has 0 saturated heterocycles.